The van der Waals surface area contributed by atoms with Gasteiger partial charge in [0.2, 0.25) is 0 Å². The van der Waals surface area contributed by atoms with Crippen molar-refractivity contribution in [3.8, 4) is 169 Å². The molecule has 0 N–H and O–H groups in total. The molecule has 0 radical (unpaired) electrons. The van der Waals surface area contributed by atoms with Gasteiger partial charge in [0.05, 0.1) is 39.1 Å². The second-order valence-electron chi connectivity index (χ2n) is 33.1. The fraction of sp³-hybridized carbons (Fsp3) is 0. The maximum Gasteiger partial charge on any atom is 0.164 e. The smallest absolute Gasteiger partial charge is 0.164 e. The van der Waals surface area contributed by atoms with Gasteiger partial charge in [0.15, 0.2) is 40.8 Å². The van der Waals surface area contributed by atoms with Gasteiger partial charge in [0, 0.05) is 105 Å². The molecule has 25 aromatic rings. The number of hydrogen-bond donors (Lipinski definition) is 0. The van der Waals surface area contributed by atoms with Gasteiger partial charge in [-0.25, -0.2) is 49.8 Å². The monoisotopic (exact) mass is 1730 g/mol. The van der Waals surface area contributed by atoms with E-state index < -0.39 is 0 Å². The van der Waals surface area contributed by atoms with E-state index in [9.17, 15) is 0 Å². The van der Waals surface area contributed by atoms with Crippen LogP contribution in [0.25, 0.3) is 245 Å². The second kappa shape index (κ2) is 36.3. The molecular weight excluding hydrogens is 1650 g/mol. The quantitative estimate of drug-likeness (QED) is 0.0708. The summed E-state index contributed by atoms with van der Waals surface area (Å²) in [5.41, 5.74) is 29.5. The third kappa shape index (κ3) is 16.8. The minimum Gasteiger partial charge on any atom is -0.456 e. The highest BCUT2D eigenvalue weighted by Crippen LogP contribution is 2.42. The normalized spacial score (nSPS) is 11.3. The third-order valence-electron chi connectivity index (χ3n) is 24.6. The lowest BCUT2D eigenvalue weighted by molar-refractivity contribution is 0.669. The fourth-order valence-corrected chi connectivity index (χ4v) is 17.7. The van der Waals surface area contributed by atoms with Crippen LogP contribution in [-0.2, 0) is 0 Å². The Morgan fingerprint density at radius 3 is 1.04 bits per heavy atom. The minimum atomic E-state index is 0.607. The summed E-state index contributed by atoms with van der Waals surface area (Å²) in [7, 11) is 0. The van der Waals surface area contributed by atoms with Gasteiger partial charge < -0.3 is 4.42 Å². The van der Waals surface area contributed by atoms with Crippen LogP contribution in [0.1, 0.15) is 0 Å². The van der Waals surface area contributed by atoms with Gasteiger partial charge in [-0.1, -0.05) is 413 Å². The van der Waals surface area contributed by atoms with Crippen molar-refractivity contribution in [1.29, 1.82) is 0 Å². The number of para-hydroxylation sites is 2. The van der Waals surface area contributed by atoms with Crippen molar-refractivity contribution in [2.24, 2.45) is 0 Å². The molecule has 0 unspecified atom stereocenters. The van der Waals surface area contributed by atoms with Gasteiger partial charge in [-0.3, -0.25) is 4.98 Å². The van der Waals surface area contributed by atoms with Crippen LogP contribution in [0.2, 0.25) is 0 Å². The summed E-state index contributed by atoms with van der Waals surface area (Å²) >= 11 is 0. The summed E-state index contributed by atoms with van der Waals surface area (Å²) in [4.78, 5) is 54.2. The Bertz CT molecular complexity index is 8580. The first-order chi connectivity index (χ1) is 66.8. The van der Waals surface area contributed by atoms with E-state index in [0.29, 0.717) is 40.8 Å². The predicted octanol–water partition coefficient (Wildman–Crippen LogP) is 31.1. The van der Waals surface area contributed by atoms with Crippen LogP contribution in [0.3, 0.4) is 0 Å². The number of aromatic nitrogens is 11. The van der Waals surface area contributed by atoms with Crippen molar-refractivity contribution < 1.29 is 4.42 Å². The summed E-state index contributed by atoms with van der Waals surface area (Å²) in [6.45, 7) is 0. The van der Waals surface area contributed by atoms with E-state index in [1.54, 1.807) is 0 Å². The van der Waals surface area contributed by atoms with Crippen LogP contribution < -0.4 is 0 Å². The van der Waals surface area contributed by atoms with Gasteiger partial charge in [0.1, 0.15) is 11.2 Å². The molecule has 0 saturated heterocycles. The number of benzene rings is 18. The van der Waals surface area contributed by atoms with Crippen molar-refractivity contribution in [3.63, 3.8) is 0 Å². The maximum absolute atomic E-state index is 6.14. The van der Waals surface area contributed by atoms with E-state index in [-0.39, 0.29) is 0 Å². The fourth-order valence-electron chi connectivity index (χ4n) is 17.7. The van der Waals surface area contributed by atoms with Crippen molar-refractivity contribution in [2.45, 2.75) is 0 Å². The number of hydrogen-bond acceptors (Lipinski definition) is 12. The second-order valence-corrected chi connectivity index (χ2v) is 33.1. The van der Waals surface area contributed by atoms with Crippen LogP contribution in [0, 0.1) is 0 Å². The van der Waals surface area contributed by atoms with E-state index in [4.69, 9.17) is 54.3 Å². The molecule has 0 saturated carbocycles. The van der Waals surface area contributed by atoms with Crippen molar-refractivity contribution in [1.82, 2.24) is 54.8 Å². The largest absolute Gasteiger partial charge is 0.456 e. The summed E-state index contributed by atoms with van der Waals surface area (Å²) in [6, 6.07) is 163. The molecule has 0 amide bonds. The van der Waals surface area contributed by atoms with Gasteiger partial charge in [0.25, 0.3) is 0 Å². The lowest BCUT2D eigenvalue weighted by atomic mass is 9.92. The van der Waals surface area contributed by atoms with Crippen molar-refractivity contribution in [3.05, 3.63) is 479 Å². The molecule has 18 aromatic carbocycles. The average molecular weight is 1730 g/mol. The van der Waals surface area contributed by atoms with E-state index in [1.807, 2.05) is 188 Å². The summed E-state index contributed by atoms with van der Waals surface area (Å²) in [5.74, 6) is 4.52. The van der Waals surface area contributed by atoms with Crippen molar-refractivity contribution in [2.75, 3.05) is 0 Å². The van der Waals surface area contributed by atoms with Crippen LogP contribution in [0.15, 0.2) is 484 Å². The van der Waals surface area contributed by atoms with E-state index >= 15 is 0 Å². The summed E-state index contributed by atoms with van der Waals surface area (Å²) < 4.78 is 6.14. The highest BCUT2D eigenvalue weighted by atomic mass is 16.3. The number of nitrogens with zero attached hydrogens (tertiary/aromatic N) is 11. The first kappa shape index (κ1) is 81.1. The van der Waals surface area contributed by atoms with Crippen LogP contribution >= 0.6 is 0 Å². The summed E-state index contributed by atoms with van der Waals surface area (Å²) in [6.07, 6.45) is 1.81. The summed E-state index contributed by atoms with van der Waals surface area (Å²) in [5, 5.41) is 9.08. The topological polar surface area (TPSA) is 155 Å². The first-order valence-electron chi connectivity index (χ1n) is 45.0. The maximum atomic E-state index is 6.14. The van der Waals surface area contributed by atoms with E-state index in [2.05, 4.69) is 296 Å². The molecule has 0 spiro atoms. The van der Waals surface area contributed by atoms with Gasteiger partial charge in [-0.15, -0.1) is 0 Å². The Balaban J connectivity index is 0.000000114. The zero-order valence-corrected chi connectivity index (χ0v) is 72.9. The molecule has 0 aliphatic rings. The van der Waals surface area contributed by atoms with Crippen LogP contribution in [0.5, 0.6) is 0 Å². The molecule has 0 aliphatic heterocycles. The predicted molar refractivity (Wildman–Crippen MR) is 551 cm³/mol. The van der Waals surface area contributed by atoms with E-state index in [0.717, 1.165) is 177 Å². The van der Waals surface area contributed by atoms with Gasteiger partial charge in [-0.05, 0) is 116 Å². The van der Waals surface area contributed by atoms with E-state index in [1.165, 1.54) is 27.5 Å². The molecule has 0 atom stereocenters. The molecule has 0 fully saturated rings. The molecule has 12 heteroatoms. The Hall–Kier alpha value is -18.4. The Morgan fingerprint density at radius 1 is 0.148 bits per heavy atom. The molecule has 7 aromatic heterocycles. The molecule has 0 bridgehead atoms. The number of furan rings is 1. The van der Waals surface area contributed by atoms with Crippen LogP contribution in [0.4, 0.5) is 0 Å². The Morgan fingerprint density at radius 2 is 0.489 bits per heavy atom. The van der Waals surface area contributed by atoms with Gasteiger partial charge >= 0.3 is 0 Å². The number of rotatable bonds is 15. The Labute approximate surface area is 778 Å². The molecule has 0 aliphatic carbocycles. The van der Waals surface area contributed by atoms with Crippen LogP contribution in [-0.4, -0.2) is 54.8 Å². The zero-order chi connectivity index (χ0) is 89.8. The molecule has 12 nitrogen and oxygen atoms in total. The third-order valence-corrected chi connectivity index (χ3v) is 24.6. The molecule has 25 rings (SSSR count). The number of pyridine rings is 3. The first-order valence-corrected chi connectivity index (χ1v) is 45.0. The minimum absolute atomic E-state index is 0.607. The molecular formula is C123H79N11O. The highest BCUT2D eigenvalue weighted by Gasteiger charge is 2.21. The Kier molecular flexibility index (Phi) is 21.8. The molecule has 135 heavy (non-hydrogen) atoms. The van der Waals surface area contributed by atoms with Gasteiger partial charge in [-0.2, -0.15) is 0 Å². The SMILES string of the molecule is c1ccc(-c2cc(-c3ccccc3)nc(-c3ccc(-c4cccc(-c5c6ccccc6nc6c5ccc5ccccc56)c4)cc3)n2)cc1.c1ccc(-c2ccc(-c3nc(-c4ccccc4)nc(-c4cccc(-c5ccc6ccc7cccnc7c6n5)c4)n3)cc2)cc1.c1ccc(-c2nc(-c3ccccc3)nc(-c3ccc(-c4cccc(-c5ccc6c(c5)oc5ccccc56)c4)cc3)n2)cc1. The van der Waals surface area contributed by atoms with Crippen molar-refractivity contribution >= 4 is 76.3 Å². The lowest BCUT2D eigenvalue weighted by Crippen LogP contribution is -2.00. The molecule has 632 valence electrons. The highest BCUT2D eigenvalue weighted by molar-refractivity contribution is 6.17. The average Bonchev–Trinajstić information content (AvgIpc) is 1.31. The number of fused-ring (bicyclic) bond motifs is 10. The lowest BCUT2D eigenvalue weighted by Gasteiger charge is -2.14. The standard InChI is InChI=1S/C45H29N3.C39H25N5.C39H25N3O/c1-3-13-32(14-4-1)41-29-42(33-15-5-2-6-16-33)48-45(47-41)34-24-22-30(23-25-34)35-17-11-18-36(28-35)43-38-20-9-10-21-40(38)46-44-37-19-8-7-12-31(37)26-27-39(43)44;1-3-9-26(10-4-1)27-16-20-31(21-17-27)38-42-37(30-11-5-2-6-12-30)43-39(44-38)33-14-7-13-32(25-33)34-23-22-29-19-18-28-15-8-24-40-35(28)36(29)41-34;1-3-10-27(11-4-1)37-40-38(28-12-5-2-6-13-28)42-39(41-37)29-20-18-26(19-21-29)30-14-9-15-31(24-30)32-22-23-34-33-16-7-8-17-35(33)43-36(34)25-32/h1-29H;1-25H;1-25H. The zero-order valence-electron chi connectivity index (χ0n) is 72.9. The molecule has 7 heterocycles.